The molecule has 6 nitrogen and oxygen atoms in total. The first-order chi connectivity index (χ1) is 15.6. The zero-order valence-corrected chi connectivity index (χ0v) is 19.6. The molecular weight excluding hydrogens is 424 g/mol. The number of nitrogens with zero attached hydrogens (tertiary/aromatic N) is 3. The highest BCUT2D eigenvalue weighted by Crippen LogP contribution is 2.25. The molecule has 2 fully saturated rings. The number of piperidine rings is 1. The van der Waals surface area contributed by atoms with Gasteiger partial charge in [-0.05, 0) is 87.7 Å². The Morgan fingerprint density at radius 1 is 1.19 bits per heavy atom. The number of carbonyl (C=O) groups is 1. The van der Waals surface area contributed by atoms with Gasteiger partial charge in [0.25, 0.3) is 0 Å². The minimum Gasteiger partial charge on any atom is -0.494 e. The summed E-state index contributed by atoms with van der Waals surface area (Å²) in [6, 6.07) is 5.88. The molecule has 4 rings (SSSR count). The molecule has 1 atom stereocenters. The number of hydrogen-bond donors (Lipinski definition) is 1. The summed E-state index contributed by atoms with van der Waals surface area (Å²) >= 11 is 5.88. The standard InChI is InChI=1S/C25H33ClN4O2/c1-18-13-22(4-5-23(18)24(31)14-20-6-9-27-15-20)32-12-2-3-19-7-10-30(11-8-19)25-28-16-21(26)17-29-25/h4-5,13,16-17,19-20,27H,2-3,6-12,14-15H2,1H3/t20-/m0/s1. The fourth-order valence-electron chi connectivity index (χ4n) is 4.75. The summed E-state index contributed by atoms with van der Waals surface area (Å²) < 4.78 is 5.98. The van der Waals surface area contributed by atoms with Crippen molar-refractivity contribution in [2.24, 2.45) is 11.8 Å². The normalized spacial score (nSPS) is 19.3. The molecule has 2 aliphatic heterocycles. The Balaban J connectivity index is 1.16. The van der Waals surface area contributed by atoms with Gasteiger partial charge in [-0.25, -0.2) is 9.97 Å². The van der Waals surface area contributed by atoms with Crippen molar-refractivity contribution in [2.45, 2.75) is 45.4 Å². The van der Waals surface area contributed by atoms with Crippen molar-refractivity contribution in [3.8, 4) is 5.75 Å². The second kappa shape index (κ2) is 11.1. The largest absolute Gasteiger partial charge is 0.494 e. The molecule has 1 aromatic heterocycles. The molecule has 2 aliphatic rings. The number of Topliss-reactive ketones (excluding diaryl/α,β-unsaturated/α-hetero) is 1. The van der Waals surface area contributed by atoms with E-state index in [0.29, 0.717) is 29.9 Å². The van der Waals surface area contributed by atoms with Gasteiger partial charge >= 0.3 is 0 Å². The second-order valence-electron chi connectivity index (χ2n) is 9.09. The van der Waals surface area contributed by atoms with E-state index in [0.717, 1.165) is 74.7 Å². The molecule has 7 heteroatoms. The van der Waals surface area contributed by atoms with Crippen LogP contribution in [0.3, 0.4) is 0 Å². The van der Waals surface area contributed by atoms with E-state index in [1.54, 1.807) is 12.4 Å². The van der Waals surface area contributed by atoms with E-state index in [2.05, 4.69) is 20.2 Å². The first-order valence-electron chi connectivity index (χ1n) is 11.8. The van der Waals surface area contributed by atoms with Crippen LogP contribution in [0.2, 0.25) is 5.02 Å². The van der Waals surface area contributed by atoms with Crippen molar-refractivity contribution in [3.63, 3.8) is 0 Å². The molecule has 0 spiro atoms. The minimum atomic E-state index is 0.248. The zero-order valence-electron chi connectivity index (χ0n) is 18.9. The lowest BCUT2D eigenvalue weighted by Gasteiger charge is -2.31. The summed E-state index contributed by atoms with van der Waals surface area (Å²) in [4.78, 5) is 23.5. The Morgan fingerprint density at radius 2 is 1.97 bits per heavy atom. The molecule has 0 radical (unpaired) electrons. The van der Waals surface area contributed by atoms with Gasteiger partial charge in [-0.2, -0.15) is 0 Å². The maximum Gasteiger partial charge on any atom is 0.225 e. The third-order valence-electron chi connectivity index (χ3n) is 6.66. The maximum atomic E-state index is 12.6. The fourth-order valence-corrected chi connectivity index (χ4v) is 4.85. The average molecular weight is 457 g/mol. The van der Waals surface area contributed by atoms with E-state index in [4.69, 9.17) is 16.3 Å². The van der Waals surface area contributed by atoms with Crippen molar-refractivity contribution >= 4 is 23.3 Å². The lowest BCUT2D eigenvalue weighted by atomic mass is 9.92. The predicted octanol–water partition coefficient (Wildman–Crippen LogP) is 4.70. The number of halogens is 1. The third-order valence-corrected chi connectivity index (χ3v) is 6.86. The van der Waals surface area contributed by atoms with Gasteiger partial charge in [-0.15, -0.1) is 0 Å². The zero-order chi connectivity index (χ0) is 22.3. The monoisotopic (exact) mass is 456 g/mol. The highest BCUT2D eigenvalue weighted by molar-refractivity contribution is 6.30. The Hall–Kier alpha value is -2.18. The number of aryl methyl sites for hydroxylation is 1. The van der Waals surface area contributed by atoms with Crippen LogP contribution in [-0.4, -0.2) is 48.5 Å². The smallest absolute Gasteiger partial charge is 0.225 e. The van der Waals surface area contributed by atoms with Crippen molar-refractivity contribution in [1.29, 1.82) is 0 Å². The van der Waals surface area contributed by atoms with Crippen LogP contribution in [-0.2, 0) is 0 Å². The minimum absolute atomic E-state index is 0.248. The summed E-state index contributed by atoms with van der Waals surface area (Å²) in [7, 11) is 0. The lowest BCUT2D eigenvalue weighted by molar-refractivity contribution is 0.0964. The van der Waals surface area contributed by atoms with E-state index in [1.165, 1.54) is 6.42 Å². The van der Waals surface area contributed by atoms with E-state index in [-0.39, 0.29) is 5.78 Å². The molecule has 172 valence electrons. The van der Waals surface area contributed by atoms with E-state index < -0.39 is 0 Å². The molecule has 0 unspecified atom stereocenters. The number of hydrogen-bond acceptors (Lipinski definition) is 6. The predicted molar refractivity (Wildman–Crippen MR) is 128 cm³/mol. The van der Waals surface area contributed by atoms with Crippen molar-refractivity contribution in [2.75, 3.05) is 37.7 Å². The SMILES string of the molecule is Cc1cc(OCCCC2CCN(c3ncc(Cl)cn3)CC2)ccc1C(=O)C[C@@H]1CCNC1. The van der Waals surface area contributed by atoms with Crippen LogP contribution in [0.4, 0.5) is 5.95 Å². The Labute approximate surface area is 195 Å². The summed E-state index contributed by atoms with van der Waals surface area (Å²) in [6.45, 7) is 6.67. The summed E-state index contributed by atoms with van der Waals surface area (Å²) in [5.41, 5.74) is 1.84. The maximum absolute atomic E-state index is 12.6. The van der Waals surface area contributed by atoms with Gasteiger partial charge in [0.2, 0.25) is 5.95 Å². The Bertz CT molecular complexity index is 891. The molecule has 1 N–H and O–H groups in total. The lowest BCUT2D eigenvalue weighted by Crippen LogP contribution is -2.34. The number of carbonyl (C=O) groups excluding carboxylic acids is 1. The van der Waals surface area contributed by atoms with Gasteiger partial charge in [-0.1, -0.05) is 11.6 Å². The van der Waals surface area contributed by atoms with Gasteiger partial charge in [0.05, 0.1) is 24.0 Å². The third kappa shape index (κ3) is 6.20. The molecule has 3 heterocycles. The van der Waals surface area contributed by atoms with E-state index in [9.17, 15) is 4.79 Å². The first kappa shape index (κ1) is 23.0. The highest BCUT2D eigenvalue weighted by atomic mass is 35.5. The van der Waals surface area contributed by atoms with Crippen LogP contribution >= 0.6 is 11.6 Å². The van der Waals surface area contributed by atoms with Gasteiger partial charge in [-0.3, -0.25) is 4.79 Å². The van der Waals surface area contributed by atoms with Crippen LogP contribution < -0.4 is 15.0 Å². The van der Waals surface area contributed by atoms with Crippen molar-refractivity contribution < 1.29 is 9.53 Å². The van der Waals surface area contributed by atoms with Crippen LogP contribution in [0.15, 0.2) is 30.6 Å². The van der Waals surface area contributed by atoms with Gasteiger partial charge in [0, 0.05) is 25.1 Å². The van der Waals surface area contributed by atoms with Crippen molar-refractivity contribution in [3.05, 3.63) is 46.7 Å². The first-order valence-corrected chi connectivity index (χ1v) is 12.2. The fraction of sp³-hybridized carbons (Fsp3) is 0.560. The highest BCUT2D eigenvalue weighted by Gasteiger charge is 2.21. The second-order valence-corrected chi connectivity index (χ2v) is 9.52. The van der Waals surface area contributed by atoms with Crippen LogP contribution in [0, 0.1) is 18.8 Å². The number of aromatic nitrogens is 2. The number of anilines is 1. The van der Waals surface area contributed by atoms with Crippen LogP contribution in [0.5, 0.6) is 5.75 Å². The number of ketones is 1. The topological polar surface area (TPSA) is 67.3 Å². The van der Waals surface area contributed by atoms with Crippen LogP contribution in [0.1, 0.15) is 54.4 Å². The molecule has 2 aromatic rings. The molecule has 0 bridgehead atoms. The molecule has 32 heavy (non-hydrogen) atoms. The summed E-state index contributed by atoms with van der Waals surface area (Å²) in [6.07, 6.45) is 9.56. The Kier molecular flexibility index (Phi) is 7.98. The van der Waals surface area contributed by atoms with Gasteiger partial charge < -0.3 is 15.0 Å². The quantitative estimate of drug-likeness (QED) is 0.436. The molecule has 0 aliphatic carbocycles. The number of ether oxygens (including phenoxy) is 1. The van der Waals surface area contributed by atoms with E-state index in [1.807, 2.05) is 25.1 Å². The van der Waals surface area contributed by atoms with Gasteiger partial charge in [0.1, 0.15) is 5.75 Å². The van der Waals surface area contributed by atoms with Gasteiger partial charge in [0.15, 0.2) is 5.78 Å². The van der Waals surface area contributed by atoms with Crippen molar-refractivity contribution in [1.82, 2.24) is 15.3 Å². The molecular formula is C25H33ClN4O2. The number of rotatable bonds is 9. The van der Waals surface area contributed by atoms with E-state index >= 15 is 0 Å². The molecule has 1 aromatic carbocycles. The molecule has 0 amide bonds. The number of nitrogens with one attached hydrogen (secondary N) is 1. The molecule has 0 saturated carbocycles. The average Bonchev–Trinajstić information content (AvgIpc) is 3.31. The molecule has 2 saturated heterocycles. The summed E-state index contributed by atoms with van der Waals surface area (Å²) in [5, 5.41) is 3.90. The number of benzene rings is 1. The Morgan fingerprint density at radius 3 is 2.66 bits per heavy atom. The van der Waals surface area contributed by atoms with Crippen LogP contribution in [0.25, 0.3) is 0 Å². The summed E-state index contributed by atoms with van der Waals surface area (Å²) in [5.74, 6) is 3.07.